The Balaban J connectivity index is 2.32. The number of hydrogen-bond acceptors (Lipinski definition) is 5. The molecule has 1 aliphatic heterocycles. The largest absolute Gasteiger partial charge is 0.497 e. The fraction of sp³-hybridized carbons (Fsp3) is 0.273. The van der Waals surface area contributed by atoms with Crippen LogP contribution in [0.5, 0.6) is 5.75 Å². The van der Waals surface area contributed by atoms with Crippen molar-refractivity contribution in [2.75, 3.05) is 25.1 Å². The van der Waals surface area contributed by atoms with Crippen LogP contribution in [0.3, 0.4) is 0 Å². The molecule has 0 aliphatic carbocycles. The Bertz CT molecular complexity index is 459. The third-order valence-corrected chi connectivity index (χ3v) is 3.03. The second-order valence-electron chi connectivity index (χ2n) is 3.52. The number of carbonyl (C=O) groups is 2. The first-order valence-electron chi connectivity index (χ1n) is 4.92. The monoisotopic (exact) mass is 299 g/mol. The lowest BCUT2D eigenvalue weighted by molar-refractivity contribution is -0.160. The average Bonchev–Trinajstić information content (AvgIpc) is 2.28. The topological polar surface area (TPSA) is 55.8 Å². The summed E-state index contributed by atoms with van der Waals surface area (Å²) in [5.41, 5.74) is 0.731. The molecule has 0 N–H and O–H groups in total. The summed E-state index contributed by atoms with van der Waals surface area (Å²) in [5, 5.41) is 0. The van der Waals surface area contributed by atoms with Crippen molar-refractivity contribution >= 4 is 33.6 Å². The number of esters is 2. The van der Waals surface area contributed by atoms with Gasteiger partial charge in [-0.05, 0) is 28.1 Å². The minimum absolute atomic E-state index is 0.0531. The van der Waals surface area contributed by atoms with Gasteiger partial charge in [0.1, 0.15) is 18.8 Å². The molecular formula is C11H10BrNO4. The van der Waals surface area contributed by atoms with Gasteiger partial charge >= 0.3 is 11.9 Å². The van der Waals surface area contributed by atoms with Crippen LogP contribution in [0.4, 0.5) is 5.69 Å². The molecule has 2 rings (SSSR count). The first-order chi connectivity index (χ1) is 8.10. The molecule has 0 spiro atoms. The van der Waals surface area contributed by atoms with E-state index < -0.39 is 11.9 Å². The van der Waals surface area contributed by atoms with Gasteiger partial charge in [-0.25, -0.2) is 9.59 Å². The van der Waals surface area contributed by atoms with Crippen molar-refractivity contribution in [3.05, 3.63) is 22.7 Å². The number of nitrogens with zero attached hydrogens (tertiary/aromatic N) is 1. The fourth-order valence-corrected chi connectivity index (χ4v) is 2.09. The van der Waals surface area contributed by atoms with Crippen molar-refractivity contribution in [3.8, 4) is 5.75 Å². The third kappa shape index (κ3) is 2.58. The van der Waals surface area contributed by atoms with Gasteiger partial charge in [-0.1, -0.05) is 0 Å². The van der Waals surface area contributed by atoms with Crippen LogP contribution >= 0.6 is 15.9 Å². The number of anilines is 1. The molecule has 1 aromatic rings. The minimum Gasteiger partial charge on any atom is -0.497 e. The molecule has 0 unspecified atom stereocenters. The summed E-state index contributed by atoms with van der Waals surface area (Å²) >= 11 is 3.37. The highest BCUT2D eigenvalue weighted by Gasteiger charge is 2.26. The molecule has 6 heteroatoms. The Morgan fingerprint density at radius 3 is 2.53 bits per heavy atom. The van der Waals surface area contributed by atoms with E-state index in [0.29, 0.717) is 5.75 Å². The van der Waals surface area contributed by atoms with Crippen LogP contribution in [0.25, 0.3) is 0 Å². The van der Waals surface area contributed by atoms with Crippen molar-refractivity contribution in [2.24, 2.45) is 0 Å². The van der Waals surface area contributed by atoms with Gasteiger partial charge in [-0.3, -0.25) is 0 Å². The van der Waals surface area contributed by atoms with E-state index in [1.807, 2.05) is 0 Å². The van der Waals surface area contributed by atoms with Gasteiger partial charge in [0.25, 0.3) is 0 Å². The molecule has 1 aliphatic rings. The van der Waals surface area contributed by atoms with Gasteiger partial charge in [-0.15, -0.1) is 0 Å². The predicted octanol–water partition coefficient (Wildman–Crippen LogP) is 1.35. The molecule has 1 heterocycles. The molecule has 0 saturated carbocycles. The predicted molar refractivity (Wildman–Crippen MR) is 64.0 cm³/mol. The van der Waals surface area contributed by atoms with E-state index in [0.717, 1.165) is 10.2 Å². The summed E-state index contributed by atoms with van der Waals surface area (Å²) in [6, 6.07) is 5.35. The zero-order chi connectivity index (χ0) is 12.4. The second-order valence-corrected chi connectivity index (χ2v) is 4.37. The zero-order valence-corrected chi connectivity index (χ0v) is 10.7. The van der Waals surface area contributed by atoms with E-state index in [-0.39, 0.29) is 13.1 Å². The van der Waals surface area contributed by atoms with Crippen molar-refractivity contribution in [1.29, 1.82) is 0 Å². The molecule has 90 valence electrons. The van der Waals surface area contributed by atoms with Gasteiger partial charge in [0.2, 0.25) is 0 Å². The van der Waals surface area contributed by atoms with Crippen LogP contribution in [0.1, 0.15) is 0 Å². The van der Waals surface area contributed by atoms with E-state index in [2.05, 4.69) is 20.7 Å². The van der Waals surface area contributed by atoms with Crippen LogP contribution in [0.2, 0.25) is 0 Å². The summed E-state index contributed by atoms with van der Waals surface area (Å²) in [4.78, 5) is 24.0. The molecule has 0 bridgehead atoms. The first-order valence-corrected chi connectivity index (χ1v) is 5.71. The Morgan fingerprint density at radius 2 is 1.94 bits per heavy atom. The van der Waals surface area contributed by atoms with Crippen LogP contribution in [-0.2, 0) is 14.3 Å². The average molecular weight is 300 g/mol. The SMILES string of the molecule is COc1ccc(Br)c(N2CC(=O)OC(=O)C2)c1. The molecule has 1 aromatic carbocycles. The van der Waals surface area contributed by atoms with Gasteiger partial charge in [0.05, 0.1) is 12.8 Å². The maximum atomic E-state index is 11.2. The number of carbonyl (C=O) groups excluding carboxylic acids is 2. The van der Waals surface area contributed by atoms with E-state index >= 15 is 0 Å². The highest BCUT2D eigenvalue weighted by Crippen LogP contribution is 2.31. The van der Waals surface area contributed by atoms with E-state index in [4.69, 9.17) is 4.74 Å². The summed E-state index contributed by atoms with van der Waals surface area (Å²) in [6.45, 7) is 0.106. The van der Waals surface area contributed by atoms with Crippen molar-refractivity contribution in [2.45, 2.75) is 0 Å². The molecule has 0 amide bonds. The standard InChI is InChI=1S/C11H10BrNO4/c1-16-7-2-3-8(12)9(4-7)13-5-10(14)17-11(15)6-13/h2-4H,5-6H2,1H3. The minimum atomic E-state index is -0.545. The number of morpholine rings is 1. The van der Waals surface area contributed by atoms with E-state index in [1.54, 1.807) is 30.2 Å². The van der Waals surface area contributed by atoms with Crippen LogP contribution < -0.4 is 9.64 Å². The van der Waals surface area contributed by atoms with E-state index in [1.165, 1.54) is 0 Å². The number of halogens is 1. The van der Waals surface area contributed by atoms with Crippen molar-refractivity contribution in [3.63, 3.8) is 0 Å². The van der Waals surface area contributed by atoms with Crippen molar-refractivity contribution < 1.29 is 19.1 Å². The van der Waals surface area contributed by atoms with Crippen LogP contribution in [-0.4, -0.2) is 32.1 Å². The number of rotatable bonds is 2. The number of methoxy groups -OCH3 is 1. The summed E-state index contributed by atoms with van der Waals surface area (Å²) in [5.74, 6) is -0.429. The lowest BCUT2D eigenvalue weighted by Gasteiger charge is -2.27. The maximum absolute atomic E-state index is 11.2. The molecule has 0 aromatic heterocycles. The summed E-state index contributed by atoms with van der Waals surface area (Å²) in [7, 11) is 1.56. The highest BCUT2D eigenvalue weighted by atomic mass is 79.9. The second kappa shape index (κ2) is 4.75. The quantitative estimate of drug-likeness (QED) is 0.609. The highest BCUT2D eigenvalue weighted by molar-refractivity contribution is 9.10. The normalized spacial score (nSPS) is 15.8. The van der Waals surface area contributed by atoms with Gasteiger partial charge in [0.15, 0.2) is 0 Å². The van der Waals surface area contributed by atoms with Crippen molar-refractivity contribution in [1.82, 2.24) is 0 Å². The van der Waals surface area contributed by atoms with Crippen LogP contribution in [0.15, 0.2) is 22.7 Å². The van der Waals surface area contributed by atoms with Gasteiger partial charge in [-0.2, -0.15) is 0 Å². The molecule has 1 saturated heterocycles. The van der Waals surface area contributed by atoms with Gasteiger partial charge < -0.3 is 14.4 Å². The fourth-order valence-electron chi connectivity index (χ4n) is 1.59. The first kappa shape index (κ1) is 11.9. The number of benzene rings is 1. The summed E-state index contributed by atoms with van der Waals surface area (Å²) in [6.07, 6.45) is 0. The zero-order valence-electron chi connectivity index (χ0n) is 9.10. The Morgan fingerprint density at radius 1 is 1.29 bits per heavy atom. The lowest BCUT2D eigenvalue weighted by atomic mass is 10.2. The van der Waals surface area contributed by atoms with Gasteiger partial charge in [0, 0.05) is 10.5 Å². The number of cyclic esters (lactones) is 2. The molecule has 5 nitrogen and oxygen atoms in total. The number of ether oxygens (including phenoxy) is 2. The molecule has 17 heavy (non-hydrogen) atoms. The maximum Gasteiger partial charge on any atom is 0.333 e. The Hall–Kier alpha value is -1.56. The lowest BCUT2D eigenvalue weighted by Crippen LogP contribution is -2.43. The molecule has 0 atom stereocenters. The smallest absolute Gasteiger partial charge is 0.333 e. The summed E-state index contributed by atoms with van der Waals surface area (Å²) < 4.78 is 10.4. The molecular weight excluding hydrogens is 290 g/mol. The third-order valence-electron chi connectivity index (χ3n) is 2.36. The van der Waals surface area contributed by atoms with E-state index in [9.17, 15) is 9.59 Å². The number of hydrogen-bond donors (Lipinski definition) is 0. The molecule has 0 radical (unpaired) electrons. The Kier molecular flexibility index (Phi) is 3.33. The van der Waals surface area contributed by atoms with Crippen LogP contribution in [0, 0.1) is 0 Å². The Labute approximate surface area is 106 Å². The molecule has 1 fully saturated rings.